The van der Waals surface area contributed by atoms with Gasteiger partial charge < -0.3 is 4.42 Å². The van der Waals surface area contributed by atoms with Crippen molar-refractivity contribution in [3.05, 3.63) is 156 Å². The lowest BCUT2D eigenvalue weighted by atomic mass is 9.66. The van der Waals surface area contributed by atoms with Crippen molar-refractivity contribution in [1.82, 2.24) is 9.97 Å². The van der Waals surface area contributed by atoms with Gasteiger partial charge in [0.2, 0.25) is 0 Å². The Hall–Kier alpha value is -5.80. The second kappa shape index (κ2) is 11.8. The van der Waals surface area contributed by atoms with Crippen molar-refractivity contribution in [2.45, 2.75) is 75.0 Å². The molecule has 3 heteroatoms. The van der Waals surface area contributed by atoms with E-state index in [4.69, 9.17) is 14.4 Å². The van der Waals surface area contributed by atoms with Crippen LogP contribution in [0.4, 0.5) is 0 Å². The molecule has 2 spiro atoms. The third-order valence-electron chi connectivity index (χ3n) is 13.9. The van der Waals surface area contributed by atoms with E-state index in [1.807, 2.05) is 36.4 Å². The van der Waals surface area contributed by atoms with Gasteiger partial charge in [-0.25, -0.2) is 9.97 Å². The number of nitrogens with zero attached hydrogens (tertiary/aromatic N) is 2. The van der Waals surface area contributed by atoms with E-state index < -0.39 is 0 Å². The lowest BCUT2D eigenvalue weighted by Crippen LogP contribution is -2.29. The Morgan fingerprint density at radius 1 is 0.418 bits per heavy atom. The maximum atomic E-state index is 6.45. The zero-order valence-electron chi connectivity index (χ0n) is 31.1. The summed E-state index contributed by atoms with van der Waals surface area (Å²) in [5.41, 5.74) is 20.3. The average Bonchev–Trinajstić information content (AvgIpc) is 3.85. The minimum Gasteiger partial charge on any atom is -0.452 e. The Balaban J connectivity index is 0.974. The van der Waals surface area contributed by atoms with Gasteiger partial charge in [0.15, 0.2) is 11.4 Å². The molecule has 8 aromatic rings. The van der Waals surface area contributed by atoms with Gasteiger partial charge in [0, 0.05) is 27.3 Å². The normalized spacial score (nSPS) is 17.4. The highest BCUT2D eigenvalue weighted by molar-refractivity contribution is 6.07. The smallest absolute Gasteiger partial charge is 0.180 e. The number of aromatic nitrogens is 2. The fourth-order valence-electron chi connectivity index (χ4n) is 11.3. The highest BCUT2D eigenvalue weighted by Gasteiger charge is 2.49. The lowest BCUT2D eigenvalue weighted by Gasteiger charge is -2.37. The number of furan rings is 1. The van der Waals surface area contributed by atoms with E-state index in [1.165, 1.54) is 97.6 Å². The van der Waals surface area contributed by atoms with Crippen molar-refractivity contribution in [2.75, 3.05) is 0 Å². The first-order valence-corrected chi connectivity index (χ1v) is 20.5. The van der Waals surface area contributed by atoms with Crippen molar-refractivity contribution in [3.8, 4) is 56.0 Å². The van der Waals surface area contributed by atoms with E-state index in [2.05, 4.69) is 97.1 Å². The van der Waals surface area contributed by atoms with Gasteiger partial charge >= 0.3 is 0 Å². The Labute approximate surface area is 322 Å². The summed E-state index contributed by atoms with van der Waals surface area (Å²) in [5, 5.41) is 1.01. The van der Waals surface area contributed by atoms with Crippen LogP contribution in [-0.4, -0.2) is 9.97 Å². The van der Waals surface area contributed by atoms with Crippen molar-refractivity contribution in [1.29, 1.82) is 0 Å². The number of fused-ring (bicyclic) bond motifs is 13. The van der Waals surface area contributed by atoms with Gasteiger partial charge in [-0.05, 0) is 112 Å². The summed E-state index contributed by atoms with van der Waals surface area (Å²) in [6.45, 7) is 0. The molecule has 266 valence electrons. The minimum absolute atomic E-state index is 0.0762. The molecule has 6 aromatic carbocycles. The summed E-state index contributed by atoms with van der Waals surface area (Å²) in [6, 6.07) is 49.5. The van der Waals surface area contributed by atoms with E-state index >= 15 is 0 Å². The molecule has 0 unspecified atom stereocenters. The number of hydrogen-bond acceptors (Lipinski definition) is 3. The Morgan fingerprint density at radius 3 is 1.75 bits per heavy atom. The van der Waals surface area contributed by atoms with E-state index in [1.54, 1.807) is 22.3 Å². The van der Waals surface area contributed by atoms with Crippen LogP contribution < -0.4 is 0 Å². The molecule has 0 N–H and O–H groups in total. The van der Waals surface area contributed by atoms with E-state index in [0.717, 1.165) is 38.9 Å². The molecule has 12 rings (SSSR count). The third kappa shape index (κ3) is 4.50. The molecule has 0 saturated heterocycles. The second-order valence-corrected chi connectivity index (χ2v) is 16.7. The predicted molar refractivity (Wildman–Crippen MR) is 224 cm³/mol. The van der Waals surface area contributed by atoms with Gasteiger partial charge in [-0.3, -0.25) is 0 Å². The maximum absolute atomic E-state index is 6.45. The first-order valence-electron chi connectivity index (χ1n) is 20.5. The Bertz CT molecular complexity index is 2820. The Morgan fingerprint density at radius 2 is 1.00 bits per heavy atom. The molecule has 4 aliphatic carbocycles. The van der Waals surface area contributed by atoms with E-state index in [-0.39, 0.29) is 10.8 Å². The number of para-hydroxylation sites is 1. The van der Waals surface area contributed by atoms with Crippen LogP contribution in [0.25, 0.3) is 78.1 Å². The summed E-state index contributed by atoms with van der Waals surface area (Å²) in [6.07, 6.45) is 12.9. The Kier molecular flexibility index (Phi) is 6.79. The summed E-state index contributed by atoms with van der Waals surface area (Å²) in [4.78, 5) is 10.2. The van der Waals surface area contributed by atoms with Gasteiger partial charge in [-0.2, -0.15) is 0 Å². The van der Waals surface area contributed by atoms with E-state index in [0.29, 0.717) is 5.82 Å². The zero-order chi connectivity index (χ0) is 36.1. The second-order valence-electron chi connectivity index (χ2n) is 16.7. The molecule has 0 amide bonds. The maximum Gasteiger partial charge on any atom is 0.180 e. The molecule has 2 aromatic heterocycles. The van der Waals surface area contributed by atoms with Gasteiger partial charge in [-0.1, -0.05) is 142 Å². The van der Waals surface area contributed by atoms with E-state index in [9.17, 15) is 0 Å². The van der Waals surface area contributed by atoms with Gasteiger partial charge in [0.05, 0.1) is 0 Å². The molecule has 2 saturated carbocycles. The van der Waals surface area contributed by atoms with Gasteiger partial charge in [0.25, 0.3) is 0 Å². The molecule has 2 fully saturated rings. The summed E-state index contributed by atoms with van der Waals surface area (Å²) >= 11 is 0. The van der Waals surface area contributed by atoms with Crippen LogP contribution in [0.15, 0.2) is 138 Å². The van der Waals surface area contributed by atoms with Crippen LogP contribution >= 0.6 is 0 Å². The first kappa shape index (κ1) is 31.5. The molecule has 55 heavy (non-hydrogen) atoms. The van der Waals surface area contributed by atoms with Crippen LogP contribution in [0.1, 0.15) is 86.5 Å². The fourth-order valence-corrected chi connectivity index (χ4v) is 11.3. The quantitative estimate of drug-likeness (QED) is 0.183. The van der Waals surface area contributed by atoms with Gasteiger partial charge in [0.1, 0.15) is 16.8 Å². The van der Waals surface area contributed by atoms with Crippen molar-refractivity contribution < 1.29 is 4.42 Å². The number of benzene rings is 6. The molecular weight excluding hydrogens is 669 g/mol. The molecule has 2 heterocycles. The zero-order valence-corrected chi connectivity index (χ0v) is 31.1. The van der Waals surface area contributed by atoms with Crippen LogP contribution in [0.5, 0.6) is 0 Å². The van der Waals surface area contributed by atoms with Crippen molar-refractivity contribution in [3.63, 3.8) is 0 Å². The van der Waals surface area contributed by atoms with Crippen LogP contribution in [0.2, 0.25) is 0 Å². The number of rotatable bonds is 3. The monoisotopic (exact) mass is 710 g/mol. The SMILES string of the molecule is c1ccc(-c2nc(-c3ccc(-c4ccc5c(c4)C4(CCCCC4)c4cc6c(cc4-5)C4(CCCCC4)c4ccccc4-6)cc3)c3oc4ccccc4c3n2)cc1. The highest BCUT2D eigenvalue weighted by atomic mass is 16.3. The minimum atomic E-state index is 0.0762. The molecule has 3 nitrogen and oxygen atoms in total. The molecule has 0 atom stereocenters. The number of hydrogen-bond donors (Lipinski definition) is 0. The molecule has 0 bridgehead atoms. The molecular formula is C52H42N2O. The molecule has 0 radical (unpaired) electrons. The largest absolute Gasteiger partial charge is 0.452 e. The molecule has 0 aliphatic heterocycles. The van der Waals surface area contributed by atoms with Crippen LogP contribution in [-0.2, 0) is 10.8 Å². The third-order valence-corrected chi connectivity index (χ3v) is 13.9. The fraction of sp³-hybridized carbons (Fsp3) is 0.231. The summed E-state index contributed by atoms with van der Waals surface area (Å²) in [5.74, 6) is 0.707. The summed E-state index contributed by atoms with van der Waals surface area (Å²) < 4.78 is 6.45. The average molecular weight is 711 g/mol. The molecule has 4 aliphatic rings. The van der Waals surface area contributed by atoms with Crippen molar-refractivity contribution in [2.24, 2.45) is 0 Å². The van der Waals surface area contributed by atoms with Crippen LogP contribution in [0.3, 0.4) is 0 Å². The van der Waals surface area contributed by atoms with Crippen LogP contribution in [0, 0.1) is 0 Å². The lowest BCUT2D eigenvalue weighted by molar-refractivity contribution is 0.350. The topological polar surface area (TPSA) is 38.9 Å². The van der Waals surface area contributed by atoms with Gasteiger partial charge in [-0.15, -0.1) is 0 Å². The van der Waals surface area contributed by atoms with Crippen molar-refractivity contribution >= 4 is 22.1 Å². The summed E-state index contributed by atoms with van der Waals surface area (Å²) in [7, 11) is 0. The predicted octanol–water partition coefficient (Wildman–Crippen LogP) is 13.8. The highest BCUT2D eigenvalue weighted by Crippen LogP contribution is 2.62. The standard InChI is InChI=1S/C52H42N2O/c1-4-14-35(15-5-1)50-53-47(49-48(54-50)39-17-7-9-19-46(39)55-49)34-22-20-33(21-23-34)36-24-25-38-41-32-44-40(31-45(41)52(43(38)30-36)28-12-3-13-29-52)37-16-6-8-18-42(37)51(44)26-10-2-11-27-51/h1,4-9,14-25,30-32H,2-3,10-13,26-29H2. The first-order chi connectivity index (χ1) is 27.2.